The number of unbranched alkanes of at least 4 members (excludes halogenated alkanes) is 3. The maximum Gasteiger partial charge on any atom is 0.240 e. The van der Waals surface area contributed by atoms with Gasteiger partial charge in [0, 0.05) is 13.2 Å². The molecule has 0 saturated heterocycles. The molecule has 4 nitrogen and oxygen atoms in total. The zero-order valence-electron chi connectivity index (χ0n) is 11.6. The molecular formula is C14H23NO3S. The summed E-state index contributed by atoms with van der Waals surface area (Å²) in [5.41, 5.74) is 1.90. The fourth-order valence-corrected chi connectivity index (χ4v) is 3.23. The van der Waals surface area contributed by atoms with Gasteiger partial charge in [0.25, 0.3) is 0 Å². The number of hydrogen-bond donors (Lipinski definition) is 2. The van der Waals surface area contributed by atoms with Gasteiger partial charge in [-0.15, -0.1) is 0 Å². The standard InChI is InChI=1S/C14H23NO3S/c1-12-9-13(2)11-14(10-12)19(17,18)15-7-5-3-4-6-8-16/h9-11,15-16H,3-8H2,1-2H3. The minimum absolute atomic E-state index is 0.203. The molecule has 19 heavy (non-hydrogen) atoms. The van der Waals surface area contributed by atoms with Crippen LogP contribution in [0.1, 0.15) is 36.8 Å². The SMILES string of the molecule is Cc1cc(C)cc(S(=O)(=O)NCCCCCCO)c1. The molecule has 0 radical (unpaired) electrons. The van der Waals surface area contributed by atoms with Crippen LogP contribution < -0.4 is 4.72 Å². The van der Waals surface area contributed by atoms with E-state index in [4.69, 9.17) is 5.11 Å². The molecule has 0 aliphatic heterocycles. The van der Waals surface area contributed by atoms with Crippen molar-refractivity contribution in [3.05, 3.63) is 29.3 Å². The van der Waals surface area contributed by atoms with Gasteiger partial charge in [0.2, 0.25) is 10.0 Å². The lowest BCUT2D eigenvalue weighted by atomic mass is 10.2. The fourth-order valence-electron chi connectivity index (χ4n) is 1.97. The lowest BCUT2D eigenvalue weighted by Crippen LogP contribution is -2.25. The summed E-state index contributed by atoms with van der Waals surface area (Å²) in [4.78, 5) is 0.334. The molecule has 2 N–H and O–H groups in total. The molecule has 0 aliphatic rings. The molecule has 0 amide bonds. The van der Waals surface area contributed by atoms with Crippen molar-refractivity contribution < 1.29 is 13.5 Å². The highest BCUT2D eigenvalue weighted by Gasteiger charge is 2.13. The van der Waals surface area contributed by atoms with Crippen molar-refractivity contribution >= 4 is 10.0 Å². The third kappa shape index (κ3) is 5.72. The van der Waals surface area contributed by atoms with Crippen molar-refractivity contribution in [2.75, 3.05) is 13.2 Å². The molecule has 1 aromatic rings. The minimum atomic E-state index is -3.40. The summed E-state index contributed by atoms with van der Waals surface area (Å²) in [6.07, 6.45) is 3.44. The average molecular weight is 285 g/mol. The maximum atomic E-state index is 12.1. The van der Waals surface area contributed by atoms with Gasteiger partial charge in [-0.3, -0.25) is 0 Å². The van der Waals surface area contributed by atoms with E-state index in [2.05, 4.69) is 4.72 Å². The van der Waals surface area contributed by atoms with Crippen LogP contribution in [0.5, 0.6) is 0 Å². The van der Waals surface area contributed by atoms with Crippen LogP contribution in [-0.2, 0) is 10.0 Å². The summed E-state index contributed by atoms with van der Waals surface area (Å²) >= 11 is 0. The smallest absolute Gasteiger partial charge is 0.240 e. The first-order valence-electron chi connectivity index (χ1n) is 6.64. The molecule has 108 valence electrons. The Hall–Kier alpha value is -0.910. The van der Waals surface area contributed by atoms with Crippen molar-refractivity contribution in [3.8, 4) is 0 Å². The first-order valence-corrected chi connectivity index (χ1v) is 8.13. The highest BCUT2D eigenvalue weighted by molar-refractivity contribution is 7.89. The van der Waals surface area contributed by atoms with Gasteiger partial charge < -0.3 is 5.11 Å². The molecule has 0 aliphatic carbocycles. The van der Waals surface area contributed by atoms with Crippen molar-refractivity contribution in [2.24, 2.45) is 0 Å². The summed E-state index contributed by atoms with van der Waals surface area (Å²) < 4.78 is 26.8. The number of nitrogens with one attached hydrogen (secondary N) is 1. The van der Waals surface area contributed by atoms with Crippen LogP contribution in [0.3, 0.4) is 0 Å². The zero-order chi connectivity index (χ0) is 14.3. The van der Waals surface area contributed by atoms with E-state index in [0.29, 0.717) is 11.4 Å². The topological polar surface area (TPSA) is 66.4 Å². The second-order valence-electron chi connectivity index (χ2n) is 4.86. The van der Waals surface area contributed by atoms with E-state index < -0.39 is 10.0 Å². The van der Waals surface area contributed by atoms with Crippen LogP contribution in [0, 0.1) is 13.8 Å². The predicted octanol–water partition coefficient (Wildman–Crippen LogP) is 2.13. The van der Waals surface area contributed by atoms with Crippen LogP contribution in [0.4, 0.5) is 0 Å². The number of benzene rings is 1. The first kappa shape index (κ1) is 16.1. The van der Waals surface area contributed by atoms with Crippen LogP contribution >= 0.6 is 0 Å². The second kappa shape index (κ2) is 7.62. The molecule has 0 saturated carbocycles. The quantitative estimate of drug-likeness (QED) is 0.719. The Labute approximate surface area is 115 Å². The van der Waals surface area contributed by atoms with Gasteiger partial charge in [-0.2, -0.15) is 0 Å². The highest BCUT2D eigenvalue weighted by atomic mass is 32.2. The van der Waals surface area contributed by atoms with Gasteiger partial charge >= 0.3 is 0 Å². The Balaban J connectivity index is 2.51. The Morgan fingerprint density at radius 3 is 2.16 bits per heavy atom. The van der Waals surface area contributed by atoms with Gasteiger partial charge in [0.15, 0.2) is 0 Å². The maximum absolute atomic E-state index is 12.1. The summed E-state index contributed by atoms with van der Waals surface area (Å²) in [5, 5.41) is 8.64. The molecule has 0 heterocycles. The van der Waals surface area contributed by atoms with Crippen LogP contribution in [0.15, 0.2) is 23.1 Å². The van der Waals surface area contributed by atoms with Gasteiger partial charge in [-0.05, 0) is 49.9 Å². The second-order valence-corrected chi connectivity index (χ2v) is 6.63. The van der Waals surface area contributed by atoms with Crippen molar-refractivity contribution in [2.45, 2.75) is 44.4 Å². The van der Waals surface area contributed by atoms with E-state index in [9.17, 15) is 8.42 Å². The Kier molecular flexibility index (Phi) is 6.48. The molecule has 0 spiro atoms. The van der Waals surface area contributed by atoms with E-state index in [1.165, 1.54) is 0 Å². The number of sulfonamides is 1. The van der Waals surface area contributed by atoms with Crippen LogP contribution in [0.25, 0.3) is 0 Å². The molecule has 0 unspecified atom stereocenters. The molecule has 0 aromatic heterocycles. The van der Waals surface area contributed by atoms with Crippen molar-refractivity contribution in [1.82, 2.24) is 4.72 Å². The molecule has 5 heteroatoms. The predicted molar refractivity (Wildman–Crippen MR) is 76.7 cm³/mol. The number of aliphatic hydroxyl groups excluding tert-OH is 1. The highest BCUT2D eigenvalue weighted by Crippen LogP contribution is 2.14. The van der Waals surface area contributed by atoms with Gasteiger partial charge in [0.05, 0.1) is 4.90 Å². The summed E-state index contributed by atoms with van der Waals surface area (Å²) in [7, 11) is -3.40. The van der Waals surface area contributed by atoms with Crippen molar-refractivity contribution in [1.29, 1.82) is 0 Å². The van der Waals surface area contributed by atoms with E-state index >= 15 is 0 Å². The molecular weight excluding hydrogens is 262 g/mol. The van der Waals surface area contributed by atoms with Crippen LogP contribution in [0.2, 0.25) is 0 Å². The molecule has 0 fully saturated rings. The number of rotatable bonds is 8. The Morgan fingerprint density at radius 2 is 1.58 bits per heavy atom. The largest absolute Gasteiger partial charge is 0.396 e. The summed E-state index contributed by atoms with van der Waals surface area (Å²) in [6.45, 7) is 4.43. The number of hydrogen-bond acceptors (Lipinski definition) is 3. The Morgan fingerprint density at radius 1 is 1.00 bits per heavy atom. The zero-order valence-corrected chi connectivity index (χ0v) is 12.5. The minimum Gasteiger partial charge on any atom is -0.396 e. The van der Waals surface area contributed by atoms with Gasteiger partial charge in [-0.25, -0.2) is 13.1 Å². The third-order valence-electron chi connectivity index (χ3n) is 2.88. The van der Waals surface area contributed by atoms with E-state index in [0.717, 1.165) is 36.8 Å². The van der Waals surface area contributed by atoms with E-state index in [-0.39, 0.29) is 6.61 Å². The first-order chi connectivity index (χ1) is 8.95. The van der Waals surface area contributed by atoms with Crippen LogP contribution in [-0.4, -0.2) is 26.7 Å². The van der Waals surface area contributed by atoms with Crippen molar-refractivity contribution in [3.63, 3.8) is 0 Å². The fraction of sp³-hybridized carbons (Fsp3) is 0.571. The number of aliphatic hydroxyl groups is 1. The Bertz CT molecular complexity index is 477. The van der Waals surface area contributed by atoms with E-state index in [1.807, 2.05) is 19.9 Å². The summed E-state index contributed by atoms with van der Waals surface area (Å²) in [5.74, 6) is 0. The normalized spacial score (nSPS) is 11.7. The lowest BCUT2D eigenvalue weighted by molar-refractivity contribution is 0.282. The molecule has 1 aromatic carbocycles. The average Bonchev–Trinajstić information content (AvgIpc) is 2.32. The molecule has 0 atom stereocenters. The van der Waals surface area contributed by atoms with E-state index in [1.54, 1.807) is 12.1 Å². The van der Waals surface area contributed by atoms with Gasteiger partial charge in [-0.1, -0.05) is 18.9 Å². The lowest BCUT2D eigenvalue weighted by Gasteiger charge is -2.08. The van der Waals surface area contributed by atoms with Gasteiger partial charge in [0.1, 0.15) is 0 Å². The number of aryl methyl sites for hydroxylation is 2. The molecule has 1 rings (SSSR count). The third-order valence-corrected chi connectivity index (χ3v) is 4.32. The molecule has 0 bridgehead atoms. The summed E-state index contributed by atoms with van der Waals surface area (Å²) in [6, 6.07) is 5.32. The monoisotopic (exact) mass is 285 g/mol.